The molecule has 76 valence electrons. The van der Waals surface area contributed by atoms with E-state index in [9.17, 15) is 4.79 Å². The first-order valence-corrected chi connectivity index (χ1v) is 5.26. The molecule has 3 nitrogen and oxygen atoms in total. The summed E-state index contributed by atoms with van der Waals surface area (Å²) in [5.41, 5.74) is 1.36. The summed E-state index contributed by atoms with van der Waals surface area (Å²) in [5, 5.41) is 0. The third-order valence-corrected chi connectivity index (χ3v) is 2.67. The van der Waals surface area contributed by atoms with Crippen molar-refractivity contribution in [2.75, 3.05) is 0 Å². The maximum atomic E-state index is 11.4. The van der Waals surface area contributed by atoms with Crippen LogP contribution in [0.5, 0.6) is 0 Å². The third-order valence-electron chi connectivity index (χ3n) is 2.09. The van der Waals surface area contributed by atoms with E-state index in [1.165, 1.54) is 4.57 Å². The highest BCUT2D eigenvalue weighted by atomic mass is 79.9. The monoisotopic (exact) mass is 264 g/mol. The fourth-order valence-electron chi connectivity index (χ4n) is 1.31. The largest absolute Gasteiger partial charge is 0.347 e. The molecule has 0 spiro atoms. The molecular formula is C11H9BrN2O. The van der Waals surface area contributed by atoms with Crippen molar-refractivity contribution in [2.45, 2.75) is 0 Å². The Kier molecular flexibility index (Phi) is 2.68. The first-order chi connectivity index (χ1) is 7.18. The number of hydrogen-bond donors (Lipinski definition) is 0. The van der Waals surface area contributed by atoms with E-state index in [0.717, 1.165) is 10.0 Å². The molecule has 0 amide bonds. The van der Waals surface area contributed by atoms with Crippen LogP contribution in [-0.4, -0.2) is 9.55 Å². The van der Waals surface area contributed by atoms with Crippen LogP contribution in [0.3, 0.4) is 0 Å². The van der Waals surface area contributed by atoms with Gasteiger partial charge in [0.15, 0.2) is 0 Å². The van der Waals surface area contributed by atoms with Crippen molar-refractivity contribution in [3.05, 3.63) is 51.5 Å². The van der Waals surface area contributed by atoms with E-state index in [1.807, 2.05) is 30.3 Å². The van der Waals surface area contributed by atoms with Gasteiger partial charge in [0.05, 0.1) is 10.2 Å². The van der Waals surface area contributed by atoms with Gasteiger partial charge in [-0.15, -0.1) is 0 Å². The predicted octanol–water partition coefficient (Wildman–Crippen LogP) is 2.21. The first kappa shape index (κ1) is 10.1. The molecule has 2 rings (SSSR count). The Labute approximate surface area is 95.5 Å². The lowest BCUT2D eigenvalue weighted by Gasteiger charge is -2.04. The van der Waals surface area contributed by atoms with Crippen molar-refractivity contribution in [2.24, 2.45) is 7.05 Å². The van der Waals surface area contributed by atoms with Gasteiger partial charge in [0.1, 0.15) is 0 Å². The zero-order valence-corrected chi connectivity index (χ0v) is 9.73. The summed E-state index contributed by atoms with van der Waals surface area (Å²) in [6, 6.07) is 9.61. The van der Waals surface area contributed by atoms with Crippen LogP contribution >= 0.6 is 15.9 Å². The van der Waals surface area contributed by atoms with Gasteiger partial charge < -0.3 is 4.57 Å². The van der Waals surface area contributed by atoms with Crippen molar-refractivity contribution in [1.82, 2.24) is 9.55 Å². The molecule has 15 heavy (non-hydrogen) atoms. The summed E-state index contributed by atoms with van der Waals surface area (Å²) in [5.74, 6) is 0. The van der Waals surface area contributed by atoms with Gasteiger partial charge in [0.25, 0.3) is 0 Å². The molecule has 1 heterocycles. The fraction of sp³-hybridized carbons (Fsp3) is 0.0909. The molecule has 0 bridgehead atoms. The summed E-state index contributed by atoms with van der Waals surface area (Å²) in [6.45, 7) is 0. The minimum Gasteiger partial charge on any atom is -0.301 e. The van der Waals surface area contributed by atoms with E-state index in [4.69, 9.17) is 0 Å². The lowest BCUT2D eigenvalue weighted by molar-refractivity contribution is 0.807. The Hall–Kier alpha value is -1.42. The van der Waals surface area contributed by atoms with Gasteiger partial charge in [-0.2, -0.15) is 4.98 Å². The van der Waals surface area contributed by atoms with Gasteiger partial charge in [-0.1, -0.05) is 30.3 Å². The summed E-state index contributed by atoms with van der Waals surface area (Å²) < 4.78 is 2.26. The summed E-state index contributed by atoms with van der Waals surface area (Å²) in [4.78, 5) is 15.4. The van der Waals surface area contributed by atoms with Gasteiger partial charge >= 0.3 is 5.69 Å². The molecule has 0 unspecified atom stereocenters. The maximum Gasteiger partial charge on any atom is 0.347 e. The Morgan fingerprint density at radius 3 is 2.60 bits per heavy atom. The van der Waals surface area contributed by atoms with Crippen LogP contribution in [0.1, 0.15) is 0 Å². The summed E-state index contributed by atoms with van der Waals surface area (Å²) in [7, 11) is 1.68. The van der Waals surface area contributed by atoms with Crippen LogP contribution < -0.4 is 5.69 Å². The molecule has 0 aliphatic rings. The van der Waals surface area contributed by atoms with Crippen molar-refractivity contribution in [3.63, 3.8) is 0 Å². The number of benzene rings is 1. The van der Waals surface area contributed by atoms with Crippen molar-refractivity contribution in [3.8, 4) is 11.3 Å². The molecule has 0 saturated heterocycles. The lowest BCUT2D eigenvalue weighted by Crippen LogP contribution is -2.19. The van der Waals surface area contributed by atoms with Gasteiger partial charge in [0, 0.05) is 18.8 Å². The predicted molar refractivity (Wildman–Crippen MR) is 62.6 cm³/mol. The minimum atomic E-state index is -0.253. The van der Waals surface area contributed by atoms with Crippen molar-refractivity contribution in [1.29, 1.82) is 0 Å². The third kappa shape index (κ3) is 1.99. The van der Waals surface area contributed by atoms with Crippen molar-refractivity contribution < 1.29 is 0 Å². The van der Waals surface area contributed by atoms with Gasteiger partial charge in [-0.3, -0.25) is 0 Å². The number of nitrogens with zero attached hydrogens (tertiary/aromatic N) is 2. The van der Waals surface area contributed by atoms with Gasteiger partial charge in [0.2, 0.25) is 0 Å². The van der Waals surface area contributed by atoms with E-state index >= 15 is 0 Å². The van der Waals surface area contributed by atoms with E-state index in [0.29, 0.717) is 5.69 Å². The summed E-state index contributed by atoms with van der Waals surface area (Å²) >= 11 is 3.40. The van der Waals surface area contributed by atoms with E-state index in [2.05, 4.69) is 20.9 Å². The first-order valence-electron chi connectivity index (χ1n) is 4.47. The van der Waals surface area contributed by atoms with E-state index in [1.54, 1.807) is 13.2 Å². The molecule has 0 radical (unpaired) electrons. The molecule has 4 heteroatoms. The molecular weight excluding hydrogens is 256 g/mol. The molecule has 0 fully saturated rings. The molecule has 2 aromatic rings. The Morgan fingerprint density at radius 1 is 1.27 bits per heavy atom. The van der Waals surface area contributed by atoms with Crippen LogP contribution in [0, 0.1) is 0 Å². The summed E-state index contributed by atoms with van der Waals surface area (Å²) in [6.07, 6.45) is 1.72. The highest BCUT2D eigenvalue weighted by Crippen LogP contribution is 2.23. The maximum absolute atomic E-state index is 11.4. The average Bonchev–Trinajstić information content (AvgIpc) is 2.25. The number of halogens is 1. The number of aromatic nitrogens is 2. The lowest BCUT2D eigenvalue weighted by atomic mass is 10.1. The second-order valence-corrected chi connectivity index (χ2v) is 4.05. The number of hydrogen-bond acceptors (Lipinski definition) is 2. The van der Waals surface area contributed by atoms with E-state index in [-0.39, 0.29) is 5.69 Å². The Bertz CT molecular complexity index is 534. The molecule has 1 aromatic heterocycles. The Balaban J connectivity index is 2.64. The van der Waals surface area contributed by atoms with Crippen molar-refractivity contribution >= 4 is 15.9 Å². The average molecular weight is 265 g/mol. The zero-order chi connectivity index (χ0) is 10.8. The highest BCUT2D eigenvalue weighted by Gasteiger charge is 2.06. The molecule has 0 aliphatic carbocycles. The van der Waals surface area contributed by atoms with Crippen LogP contribution in [0.25, 0.3) is 11.3 Å². The molecule has 0 atom stereocenters. The second-order valence-electron chi connectivity index (χ2n) is 3.20. The van der Waals surface area contributed by atoms with Crippen LogP contribution in [-0.2, 0) is 7.05 Å². The fourth-order valence-corrected chi connectivity index (χ4v) is 1.94. The molecule has 0 N–H and O–H groups in total. The molecule has 1 aromatic carbocycles. The SMILES string of the molecule is Cn1cc(Br)c(-c2ccccc2)nc1=O. The number of rotatable bonds is 1. The van der Waals surface area contributed by atoms with Crippen LogP contribution in [0.4, 0.5) is 0 Å². The minimum absolute atomic E-state index is 0.253. The highest BCUT2D eigenvalue weighted by molar-refractivity contribution is 9.10. The normalized spacial score (nSPS) is 10.3. The zero-order valence-electron chi connectivity index (χ0n) is 8.14. The smallest absolute Gasteiger partial charge is 0.301 e. The number of aryl methyl sites for hydroxylation is 1. The van der Waals surface area contributed by atoms with E-state index < -0.39 is 0 Å². The molecule has 0 saturated carbocycles. The van der Waals surface area contributed by atoms with Gasteiger partial charge in [-0.05, 0) is 15.9 Å². The standard InChI is InChI=1S/C11H9BrN2O/c1-14-7-9(12)10(13-11(14)15)8-5-3-2-4-6-8/h2-7H,1H3. The molecule has 0 aliphatic heterocycles. The van der Waals surface area contributed by atoms with Crippen LogP contribution in [0.15, 0.2) is 45.8 Å². The van der Waals surface area contributed by atoms with Crippen LogP contribution in [0.2, 0.25) is 0 Å². The Morgan fingerprint density at radius 2 is 1.93 bits per heavy atom. The van der Waals surface area contributed by atoms with Gasteiger partial charge in [-0.25, -0.2) is 4.79 Å². The second kappa shape index (κ2) is 3.98. The quantitative estimate of drug-likeness (QED) is 0.792. The topological polar surface area (TPSA) is 34.9 Å².